The minimum atomic E-state index is 0.398. The summed E-state index contributed by atoms with van der Waals surface area (Å²) in [6, 6.07) is 11.8. The monoisotopic (exact) mass is 274 g/mol. The zero-order valence-corrected chi connectivity index (χ0v) is 13.6. The van der Waals surface area contributed by atoms with Crippen LogP contribution in [0.3, 0.4) is 0 Å². The minimum Gasteiger partial charge on any atom is -0.312 e. The summed E-state index contributed by atoms with van der Waals surface area (Å²) >= 11 is 0. The maximum atomic E-state index is 3.54. The van der Waals surface area contributed by atoms with Gasteiger partial charge in [-0.15, -0.1) is 0 Å². The van der Waals surface area contributed by atoms with E-state index in [-0.39, 0.29) is 0 Å². The molecule has 0 aromatic heterocycles. The van der Waals surface area contributed by atoms with Gasteiger partial charge in [0.2, 0.25) is 0 Å². The molecule has 0 bridgehead atoms. The zero-order valence-electron chi connectivity index (χ0n) is 13.6. The molecule has 1 aromatic carbocycles. The summed E-state index contributed by atoms with van der Waals surface area (Å²) < 4.78 is 0. The molecular weight excluding hydrogens is 244 g/mol. The molecule has 0 spiro atoms. The third-order valence-corrected chi connectivity index (χ3v) is 4.80. The lowest BCUT2D eigenvalue weighted by atomic mass is 9.90. The van der Waals surface area contributed by atoms with Gasteiger partial charge in [0.05, 0.1) is 0 Å². The van der Waals surface area contributed by atoms with Gasteiger partial charge in [0, 0.05) is 18.6 Å². The summed E-state index contributed by atoms with van der Waals surface area (Å²) in [5.41, 5.74) is 1.39. The summed E-state index contributed by atoms with van der Waals surface area (Å²) in [6.07, 6.45) is 1.41. The van der Waals surface area contributed by atoms with E-state index < -0.39 is 0 Å². The van der Waals surface area contributed by atoms with Crippen LogP contribution in [-0.2, 0) is 0 Å². The second-order valence-electron chi connectivity index (χ2n) is 6.82. The molecule has 20 heavy (non-hydrogen) atoms. The molecule has 1 aromatic rings. The van der Waals surface area contributed by atoms with Crippen molar-refractivity contribution in [2.45, 2.75) is 39.3 Å². The molecule has 0 radical (unpaired) electrons. The first-order chi connectivity index (χ1) is 9.54. The van der Waals surface area contributed by atoms with Crippen molar-refractivity contribution in [2.75, 3.05) is 20.6 Å². The highest BCUT2D eigenvalue weighted by molar-refractivity contribution is 5.21. The smallest absolute Gasteiger partial charge is 0.0478 e. The lowest BCUT2D eigenvalue weighted by molar-refractivity contribution is 0.143. The third kappa shape index (κ3) is 3.62. The summed E-state index contributed by atoms with van der Waals surface area (Å²) in [5, 5.41) is 3.54. The molecule has 1 aliphatic carbocycles. The van der Waals surface area contributed by atoms with Crippen molar-refractivity contribution in [3.05, 3.63) is 35.9 Å². The van der Waals surface area contributed by atoms with Crippen LogP contribution in [0.15, 0.2) is 30.3 Å². The third-order valence-electron chi connectivity index (χ3n) is 4.80. The second-order valence-corrected chi connectivity index (χ2v) is 6.82. The molecule has 0 saturated heterocycles. The van der Waals surface area contributed by atoms with E-state index >= 15 is 0 Å². The number of nitrogens with zero attached hydrogens (tertiary/aromatic N) is 1. The average Bonchev–Trinajstić information content (AvgIpc) is 3.11. The van der Waals surface area contributed by atoms with E-state index in [0.717, 1.165) is 11.8 Å². The lowest BCUT2D eigenvalue weighted by Gasteiger charge is -2.38. The van der Waals surface area contributed by atoms with Crippen molar-refractivity contribution >= 4 is 0 Å². The second kappa shape index (κ2) is 6.73. The molecule has 2 heteroatoms. The van der Waals surface area contributed by atoms with E-state index in [1.165, 1.54) is 18.5 Å². The Balaban J connectivity index is 2.13. The highest BCUT2D eigenvalue weighted by Crippen LogP contribution is 2.39. The Morgan fingerprint density at radius 2 is 1.85 bits per heavy atom. The van der Waals surface area contributed by atoms with Crippen molar-refractivity contribution in [2.24, 2.45) is 17.8 Å². The maximum absolute atomic E-state index is 3.54. The first-order valence-corrected chi connectivity index (χ1v) is 7.97. The number of hydrogen-bond acceptors (Lipinski definition) is 2. The van der Waals surface area contributed by atoms with Crippen LogP contribution in [0.5, 0.6) is 0 Å². The molecule has 112 valence electrons. The molecule has 1 fully saturated rings. The molecule has 4 unspecified atom stereocenters. The van der Waals surface area contributed by atoms with Gasteiger partial charge < -0.3 is 10.2 Å². The van der Waals surface area contributed by atoms with Crippen LogP contribution in [0.1, 0.15) is 38.8 Å². The Morgan fingerprint density at radius 1 is 1.25 bits per heavy atom. The van der Waals surface area contributed by atoms with Crippen LogP contribution in [0.4, 0.5) is 0 Å². The Hall–Kier alpha value is -0.860. The minimum absolute atomic E-state index is 0.398. The van der Waals surface area contributed by atoms with Gasteiger partial charge in [0.25, 0.3) is 0 Å². The first kappa shape index (κ1) is 15.5. The van der Waals surface area contributed by atoms with Crippen molar-refractivity contribution in [3.8, 4) is 0 Å². The topological polar surface area (TPSA) is 15.3 Å². The van der Waals surface area contributed by atoms with Crippen molar-refractivity contribution in [1.82, 2.24) is 10.2 Å². The van der Waals surface area contributed by atoms with Crippen LogP contribution >= 0.6 is 0 Å². The number of rotatable bonds is 7. The highest BCUT2D eigenvalue weighted by atomic mass is 15.2. The fourth-order valence-electron chi connectivity index (χ4n) is 3.49. The van der Waals surface area contributed by atoms with Crippen LogP contribution in [0, 0.1) is 17.8 Å². The summed E-state index contributed by atoms with van der Waals surface area (Å²) in [6.45, 7) is 8.28. The molecule has 2 nitrogen and oxygen atoms in total. The van der Waals surface area contributed by atoms with E-state index in [4.69, 9.17) is 0 Å². The summed E-state index contributed by atoms with van der Waals surface area (Å²) in [5.74, 6) is 2.47. The largest absolute Gasteiger partial charge is 0.312 e. The fraction of sp³-hybridized carbons (Fsp3) is 0.667. The van der Waals surface area contributed by atoms with E-state index in [1.807, 2.05) is 0 Å². The summed E-state index contributed by atoms with van der Waals surface area (Å²) in [4.78, 5) is 2.58. The van der Waals surface area contributed by atoms with Gasteiger partial charge in [-0.25, -0.2) is 0 Å². The SMILES string of the molecule is CNC(c1ccccc1)C(C(C)C)N(C)CC1CC1C. The van der Waals surface area contributed by atoms with Crippen LogP contribution in [0.25, 0.3) is 0 Å². The Bertz CT molecular complexity index is 401. The molecule has 0 amide bonds. The Labute approximate surface area is 124 Å². The molecule has 0 heterocycles. The van der Waals surface area contributed by atoms with Crippen LogP contribution in [0.2, 0.25) is 0 Å². The molecule has 1 N–H and O–H groups in total. The van der Waals surface area contributed by atoms with E-state index in [9.17, 15) is 0 Å². The standard InChI is InChI=1S/C18H30N2/c1-13(2)18(20(5)12-16-11-14(16)3)17(19-4)15-9-7-6-8-10-15/h6-10,13-14,16-19H,11-12H2,1-5H3. The van der Waals surface area contributed by atoms with Crippen molar-refractivity contribution in [1.29, 1.82) is 0 Å². The lowest BCUT2D eigenvalue weighted by Crippen LogP contribution is -2.46. The molecule has 4 atom stereocenters. The van der Waals surface area contributed by atoms with E-state index in [0.29, 0.717) is 18.0 Å². The fourth-order valence-corrected chi connectivity index (χ4v) is 3.49. The predicted molar refractivity (Wildman–Crippen MR) is 86.8 cm³/mol. The van der Waals surface area contributed by atoms with Gasteiger partial charge in [-0.3, -0.25) is 0 Å². The van der Waals surface area contributed by atoms with Gasteiger partial charge in [-0.1, -0.05) is 51.1 Å². The molecule has 1 saturated carbocycles. The zero-order chi connectivity index (χ0) is 14.7. The molecule has 1 aliphatic rings. The normalized spacial score (nSPS) is 24.9. The number of benzene rings is 1. The van der Waals surface area contributed by atoms with Gasteiger partial charge in [0.1, 0.15) is 0 Å². The first-order valence-electron chi connectivity index (χ1n) is 7.97. The molecule has 2 rings (SSSR count). The quantitative estimate of drug-likeness (QED) is 0.818. The number of likely N-dealkylation sites (N-methyl/N-ethyl adjacent to an activating group) is 2. The average molecular weight is 274 g/mol. The predicted octanol–water partition coefficient (Wildman–Crippen LogP) is 3.56. The van der Waals surface area contributed by atoms with Crippen LogP contribution in [-0.4, -0.2) is 31.6 Å². The van der Waals surface area contributed by atoms with E-state index in [1.54, 1.807) is 0 Å². The van der Waals surface area contributed by atoms with Crippen molar-refractivity contribution < 1.29 is 0 Å². The number of hydrogen-bond donors (Lipinski definition) is 1. The molecule has 0 aliphatic heterocycles. The summed E-state index contributed by atoms with van der Waals surface area (Å²) in [7, 11) is 4.38. The molecular formula is C18H30N2. The van der Waals surface area contributed by atoms with Gasteiger partial charge in [-0.2, -0.15) is 0 Å². The highest BCUT2D eigenvalue weighted by Gasteiger charge is 2.36. The van der Waals surface area contributed by atoms with Gasteiger partial charge >= 0.3 is 0 Å². The van der Waals surface area contributed by atoms with Gasteiger partial charge in [0.15, 0.2) is 0 Å². The van der Waals surface area contributed by atoms with Gasteiger partial charge in [-0.05, 0) is 43.8 Å². The van der Waals surface area contributed by atoms with Crippen LogP contribution < -0.4 is 5.32 Å². The Kier molecular flexibility index (Phi) is 5.22. The Morgan fingerprint density at radius 3 is 2.30 bits per heavy atom. The number of nitrogens with one attached hydrogen (secondary N) is 1. The van der Waals surface area contributed by atoms with Crippen molar-refractivity contribution in [3.63, 3.8) is 0 Å². The van der Waals surface area contributed by atoms with E-state index in [2.05, 4.69) is 75.4 Å². The maximum Gasteiger partial charge on any atom is 0.0478 e.